The largest absolute Gasteiger partial charge is 0.550 e. The predicted molar refractivity (Wildman–Crippen MR) is 78.6 cm³/mol. The Morgan fingerprint density at radius 1 is 1.53 bits per heavy atom. The van der Waals surface area contributed by atoms with E-state index in [4.69, 9.17) is 0 Å². The summed E-state index contributed by atoms with van der Waals surface area (Å²) in [6.07, 6.45) is 3.46. The number of ketones is 1. The number of hydrogen-bond acceptors (Lipinski definition) is 3. The topological polar surface area (TPSA) is 57.2 Å². The number of rotatable bonds is 4. The Kier molecular flexibility index (Phi) is 4.60. The summed E-state index contributed by atoms with van der Waals surface area (Å²) in [5.74, 6) is -1.15. The van der Waals surface area contributed by atoms with Gasteiger partial charge in [-0.15, -0.1) is 0 Å². The maximum atomic E-state index is 11.6. The van der Waals surface area contributed by atoms with E-state index in [9.17, 15) is 14.7 Å². The quantitative estimate of drug-likeness (QED) is 0.762. The van der Waals surface area contributed by atoms with Crippen molar-refractivity contribution in [3.05, 3.63) is 32.9 Å². The molecule has 0 saturated heterocycles. The summed E-state index contributed by atoms with van der Waals surface area (Å²) in [7, 11) is 0. The molecule has 1 aliphatic rings. The van der Waals surface area contributed by atoms with Crippen molar-refractivity contribution in [1.82, 2.24) is 0 Å². The van der Waals surface area contributed by atoms with Crippen LogP contribution in [0.15, 0.2) is 18.2 Å². The average Bonchev–Trinajstić information content (AvgIpc) is 2.74. The lowest BCUT2D eigenvalue weighted by molar-refractivity contribution is -0.307. The third-order valence-corrected chi connectivity index (χ3v) is 4.73. The Hall–Kier alpha value is -0.910. The molecule has 1 saturated carbocycles. The fraction of sp³-hybridized carbons (Fsp3) is 0.467. The molecule has 0 N–H and O–H groups in total. The Morgan fingerprint density at radius 2 is 2.26 bits per heavy atom. The zero-order valence-corrected chi connectivity index (χ0v) is 13.0. The van der Waals surface area contributed by atoms with Crippen LogP contribution >= 0.6 is 22.6 Å². The molecule has 102 valence electrons. The van der Waals surface area contributed by atoms with Gasteiger partial charge in [-0.2, -0.15) is 0 Å². The Bertz CT molecular complexity index is 510. The van der Waals surface area contributed by atoms with Gasteiger partial charge in [0.2, 0.25) is 0 Å². The molecule has 0 bridgehead atoms. The van der Waals surface area contributed by atoms with E-state index in [-0.39, 0.29) is 5.92 Å². The van der Waals surface area contributed by atoms with Gasteiger partial charge in [0.1, 0.15) is 5.78 Å². The van der Waals surface area contributed by atoms with Gasteiger partial charge in [0.15, 0.2) is 0 Å². The van der Waals surface area contributed by atoms with Gasteiger partial charge in [0.05, 0.1) is 0 Å². The standard InChI is InChI=1S/C15H17IO3/c1-9(15(18)19)12-6-5-10(8-13(12)16)7-11-3-2-4-14(11)17/h5-6,8-9,11H,2-4,7H2,1H3,(H,18,19)/p-1. The van der Waals surface area contributed by atoms with Crippen LogP contribution in [0.5, 0.6) is 0 Å². The van der Waals surface area contributed by atoms with E-state index in [1.165, 1.54) is 0 Å². The summed E-state index contributed by atoms with van der Waals surface area (Å²) in [4.78, 5) is 22.5. The van der Waals surface area contributed by atoms with E-state index in [1.54, 1.807) is 6.92 Å². The first-order chi connectivity index (χ1) is 8.99. The van der Waals surface area contributed by atoms with Crippen molar-refractivity contribution in [1.29, 1.82) is 0 Å². The zero-order valence-electron chi connectivity index (χ0n) is 10.8. The minimum atomic E-state index is -1.06. The first-order valence-corrected chi connectivity index (χ1v) is 7.59. The Balaban J connectivity index is 2.14. The molecule has 1 aliphatic carbocycles. The van der Waals surface area contributed by atoms with Gasteiger partial charge in [-0.3, -0.25) is 4.79 Å². The molecule has 0 spiro atoms. The minimum Gasteiger partial charge on any atom is -0.550 e. The molecular formula is C15H16IO3-. The first-order valence-electron chi connectivity index (χ1n) is 6.51. The number of carbonyl (C=O) groups is 2. The highest BCUT2D eigenvalue weighted by Crippen LogP contribution is 2.28. The highest BCUT2D eigenvalue weighted by atomic mass is 127. The fourth-order valence-electron chi connectivity index (χ4n) is 2.56. The summed E-state index contributed by atoms with van der Waals surface area (Å²) in [6, 6.07) is 5.76. The third-order valence-electron chi connectivity index (χ3n) is 3.80. The van der Waals surface area contributed by atoms with E-state index in [0.29, 0.717) is 12.2 Å². The van der Waals surface area contributed by atoms with Crippen LogP contribution in [0.4, 0.5) is 0 Å². The molecular weight excluding hydrogens is 355 g/mol. The highest BCUT2D eigenvalue weighted by Gasteiger charge is 2.24. The molecule has 4 heteroatoms. The van der Waals surface area contributed by atoms with Crippen molar-refractivity contribution < 1.29 is 14.7 Å². The van der Waals surface area contributed by atoms with Crippen molar-refractivity contribution in [2.75, 3.05) is 0 Å². The lowest BCUT2D eigenvalue weighted by Crippen LogP contribution is -2.28. The van der Waals surface area contributed by atoms with E-state index >= 15 is 0 Å². The molecule has 0 radical (unpaired) electrons. The van der Waals surface area contributed by atoms with Gasteiger partial charge in [0.25, 0.3) is 0 Å². The van der Waals surface area contributed by atoms with E-state index in [2.05, 4.69) is 22.6 Å². The summed E-state index contributed by atoms with van der Waals surface area (Å²) >= 11 is 2.15. The molecule has 2 unspecified atom stereocenters. The molecule has 1 aromatic carbocycles. The number of carbonyl (C=O) groups excluding carboxylic acids is 2. The summed E-state index contributed by atoms with van der Waals surface area (Å²) < 4.78 is 0.928. The number of hydrogen-bond donors (Lipinski definition) is 0. The summed E-state index contributed by atoms with van der Waals surface area (Å²) in [5, 5.41) is 10.9. The van der Waals surface area contributed by atoms with E-state index in [1.807, 2.05) is 18.2 Å². The van der Waals surface area contributed by atoms with Crippen LogP contribution in [0.1, 0.15) is 43.2 Å². The smallest absolute Gasteiger partial charge is 0.136 e. The molecule has 0 amide bonds. The fourth-order valence-corrected chi connectivity index (χ4v) is 3.61. The maximum absolute atomic E-state index is 11.6. The second-order valence-electron chi connectivity index (χ2n) is 5.16. The van der Waals surface area contributed by atoms with Crippen molar-refractivity contribution in [3.63, 3.8) is 0 Å². The van der Waals surface area contributed by atoms with E-state index in [0.717, 1.165) is 34.0 Å². The van der Waals surface area contributed by atoms with Gasteiger partial charge in [-0.05, 0) is 59.0 Å². The van der Waals surface area contributed by atoms with E-state index < -0.39 is 11.9 Å². The molecule has 1 fully saturated rings. The van der Waals surface area contributed by atoms with Gasteiger partial charge >= 0.3 is 0 Å². The second kappa shape index (κ2) is 6.03. The normalized spacial score (nSPS) is 20.5. The van der Waals surface area contributed by atoms with Crippen LogP contribution in [-0.4, -0.2) is 11.8 Å². The van der Waals surface area contributed by atoms with Gasteiger partial charge in [-0.1, -0.05) is 19.1 Å². The third kappa shape index (κ3) is 3.35. The molecule has 0 aromatic heterocycles. The van der Waals surface area contributed by atoms with Crippen molar-refractivity contribution in [2.45, 2.75) is 38.5 Å². The predicted octanol–water partition coefficient (Wildman–Crippen LogP) is 2.06. The van der Waals surface area contributed by atoms with Crippen molar-refractivity contribution >= 4 is 34.3 Å². The first kappa shape index (κ1) is 14.5. The Morgan fingerprint density at radius 3 is 2.79 bits per heavy atom. The number of Topliss-reactive ketones (excluding diaryl/α,β-unsaturated/α-hetero) is 1. The van der Waals surface area contributed by atoms with Gasteiger partial charge < -0.3 is 9.90 Å². The van der Waals surface area contributed by atoms with Crippen LogP contribution in [0.2, 0.25) is 0 Å². The van der Waals surface area contributed by atoms with Crippen molar-refractivity contribution in [3.8, 4) is 0 Å². The van der Waals surface area contributed by atoms with Crippen LogP contribution in [0.25, 0.3) is 0 Å². The SMILES string of the molecule is CC(C(=O)[O-])c1ccc(CC2CCCC2=O)cc1I. The van der Waals surface area contributed by atoms with Crippen LogP contribution in [0, 0.1) is 9.49 Å². The lowest BCUT2D eigenvalue weighted by Gasteiger charge is -2.16. The van der Waals surface area contributed by atoms with Crippen LogP contribution < -0.4 is 5.11 Å². The minimum absolute atomic E-state index is 0.153. The summed E-state index contributed by atoms with van der Waals surface area (Å²) in [5.41, 5.74) is 1.89. The molecule has 2 atom stereocenters. The molecule has 0 heterocycles. The second-order valence-corrected chi connectivity index (χ2v) is 6.32. The molecule has 0 aliphatic heterocycles. The molecule has 1 aromatic rings. The number of aliphatic carboxylic acids is 1. The molecule has 2 rings (SSSR count). The average molecular weight is 371 g/mol. The number of carboxylic acids is 1. The number of halogens is 1. The van der Waals surface area contributed by atoms with Gasteiger partial charge in [-0.25, -0.2) is 0 Å². The lowest BCUT2D eigenvalue weighted by atomic mass is 9.94. The number of carboxylic acid groups (broad SMARTS) is 1. The zero-order chi connectivity index (χ0) is 14.0. The molecule has 19 heavy (non-hydrogen) atoms. The van der Waals surface area contributed by atoms with Crippen LogP contribution in [-0.2, 0) is 16.0 Å². The van der Waals surface area contributed by atoms with Crippen molar-refractivity contribution in [2.24, 2.45) is 5.92 Å². The monoisotopic (exact) mass is 371 g/mol. The summed E-state index contributed by atoms with van der Waals surface area (Å²) in [6.45, 7) is 1.63. The number of benzene rings is 1. The molecule has 3 nitrogen and oxygen atoms in total. The Labute approximate surface area is 126 Å². The van der Waals surface area contributed by atoms with Gasteiger partial charge in [0, 0.05) is 27.8 Å². The van der Waals surface area contributed by atoms with Crippen LogP contribution in [0.3, 0.4) is 0 Å². The maximum Gasteiger partial charge on any atom is 0.136 e. The highest BCUT2D eigenvalue weighted by molar-refractivity contribution is 14.1.